The van der Waals surface area contributed by atoms with Gasteiger partial charge >= 0.3 is 6.03 Å². The van der Waals surface area contributed by atoms with Crippen LogP contribution in [0.5, 0.6) is 0 Å². The molecule has 1 unspecified atom stereocenters. The topological polar surface area (TPSA) is 66.6 Å². The van der Waals surface area contributed by atoms with Gasteiger partial charge in [-0.25, -0.2) is 4.79 Å². The van der Waals surface area contributed by atoms with Crippen molar-refractivity contribution < 1.29 is 9.59 Å². The summed E-state index contributed by atoms with van der Waals surface area (Å²) in [4.78, 5) is 26.1. The van der Waals surface area contributed by atoms with Crippen LogP contribution in [0.2, 0.25) is 0 Å². The second-order valence-corrected chi connectivity index (χ2v) is 3.38. The molecule has 0 saturated carbocycles. The molecular formula is C9H17N3O2. The van der Waals surface area contributed by atoms with E-state index in [2.05, 4.69) is 0 Å². The molecule has 2 N–H and O–H groups in total. The van der Waals surface area contributed by atoms with Gasteiger partial charge in [0, 0.05) is 13.1 Å². The number of nitrogens with two attached hydrogens (primary N) is 1. The number of hydrogen-bond donors (Lipinski definition) is 1. The molecule has 0 radical (unpaired) electrons. The maximum Gasteiger partial charge on any atom is 0.327 e. The van der Waals surface area contributed by atoms with E-state index in [4.69, 9.17) is 5.73 Å². The molecule has 1 rings (SSSR count). The van der Waals surface area contributed by atoms with Crippen LogP contribution in [-0.4, -0.2) is 47.4 Å². The Bertz CT molecular complexity index is 242. The summed E-state index contributed by atoms with van der Waals surface area (Å²) in [6.07, 6.45) is 0.737. The Labute approximate surface area is 83.8 Å². The minimum Gasteiger partial charge on any atom is -0.330 e. The first kappa shape index (κ1) is 11.0. The van der Waals surface area contributed by atoms with Gasteiger partial charge in [-0.15, -0.1) is 0 Å². The van der Waals surface area contributed by atoms with Crippen molar-refractivity contribution in [3.8, 4) is 0 Å². The Morgan fingerprint density at radius 2 is 2.07 bits per heavy atom. The smallest absolute Gasteiger partial charge is 0.327 e. The van der Waals surface area contributed by atoms with Crippen LogP contribution in [0, 0.1) is 0 Å². The molecule has 3 amide bonds. The number of imide groups is 1. The van der Waals surface area contributed by atoms with Crippen LogP contribution in [0.4, 0.5) is 4.79 Å². The number of carbonyl (C=O) groups is 2. The third-order valence-electron chi connectivity index (χ3n) is 2.49. The second kappa shape index (κ2) is 4.41. The molecule has 1 fully saturated rings. The molecule has 5 heteroatoms. The van der Waals surface area contributed by atoms with Crippen LogP contribution in [-0.2, 0) is 4.79 Å². The fourth-order valence-electron chi connectivity index (χ4n) is 1.62. The van der Waals surface area contributed by atoms with E-state index in [0.29, 0.717) is 19.6 Å². The number of rotatable bonds is 4. The molecule has 0 aromatic carbocycles. The monoisotopic (exact) mass is 199 g/mol. The predicted molar refractivity (Wildman–Crippen MR) is 52.6 cm³/mol. The SMILES string of the molecule is CCN1C(=O)C(C)N(CCCN)C1=O. The number of amides is 3. The summed E-state index contributed by atoms with van der Waals surface area (Å²) in [5.74, 6) is -0.102. The lowest BCUT2D eigenvalue weighted by molar-refractivity contribution is -0.127. The van der Waals surface area contributed by atoms with E-state index in [0.717, 1.165) is 6.42 Å². The normalized spacial score (nSPS) is 22.4. The molecule has 0 aliphatic carbocycles. The Hall–Kier alpha value is -1.10. The van der Waals surface area contributed by atoms with E-state index in [-0.39, 0.29) is 18.0 Å². The van der Waals surface area contributed by atoms with Crippen molar-refractivity contribution in [2.45, 2.75) is 26.3 Å². The molecule has 1 aliphatic rings. The summed E-state index contributed by atoms with van der Waals surface area (Å²) in [5.41, 5.74) is 5.36. The Morgan fingerprint density at radius 3 is 2.50 bits per heavy atom. The van der Waals surface area contributed by atoms with E-state index in [9.17, 15) is 9.59 Å². The maximum atomic E-state index is 11.7. The van der Waals surface area contributed by atoms with Crippen molar-refractivity contribution >= 4 is 11.9 Å². The van der Waals surface area contributed by atoms with Gasteiger partial charge in [0.15, 0.2) is 0 Å². The van der Waals surface area contributed by atoms with Crippen molar-refractivity contribution in [3.05, 3.63) is 0 Å². The summed E-state index contributed by atoms with van der Waals surface area (Å²) in [6, 6.07) is -0.507. The molecule has 1 heterocycles. The fraction of sp³-hybridized carbons (Fsp3) is 0.778. The quantitative estimate of drug-likeness (QED) is 0.648. The minimum absolute atomic E-state index is 0.102. The average Bonchev–Trinajstić information content (AvgIpc) is 2.37. The highest BCUT2D eigenvalue weighted by atomic mass is 16.2. The minimum atomic E-state index is -0.325. The number of carbonyl (C=O) groups excluding carboxylic acids is 2. The fourth-order valence-corrected chi connectivity index (χ4v) is 1.62. The maximum absolute atomic E-state index is 11.7. The highest BCUT2D eigenvalue weighted by Gasteiger charge is 2.40. The molecule has 1 atom stereocenters. The van der Waals surface area contributed by atoms with Gasteiger partial charge in [0.2, 0.25) is 0 Å². The molecule has 0 aromatic rings. The number of hydrogen-bond acceptors (Lipinski definition) is 3. The highest BCUT2D eigenvalue weighted by molar-refractivity contribution is 6.03. The van der Waals surface area contributed by atoms with Crippen molar-refractivity contribution in [2.75, 3.05) is 19.6 Å². The molecule has 14 heavy (non-hydrogen) atoms. The summed E-state index contributed by atoms with van der Waals surface area (Å²) >= 11 is 0. The van der Waals surface area contributed by atoms with E-state index < -0.39 is 0 Å². The van der Waals surface area contributed by atoms with E-state index in [1.165, 1.54) is 4.90 Å². The molecule has 1 saturated heterocycles. The van der Waals surface area contributed by atoms with Gasteiger partial charge in [-0.1, -0.05) is 0 Å². The first-order valence-electron chi connectivity index (χ1n) is 4.95. The zero-order valence-corrected chi connectivity index (χ0v) is 8.69. The Kier molecular flexibility index (Phi) is 3.46. The lowest BCUT2D eigenvalue weighted by Gasteiger charge is -2.18. The standard InChI is InChI=1S/C9H17N3O2/c1-3-11-8(13)7(2)12(9(11)14)6-4-5-10/h7H,3-6,10H2,1-2H3. The van der Waals surface area contributed by atoms with Crippen LogP contribution in [0.15, 0.2) is 0 Å². The van der Waals surface area contributed by atoms with Gasteiger partial charge in [0.05, 0.1) is 0 Å². The predicted octanol–water partition coefficient (Wildman–Crippen LogP) is 0.00780. The number of nitrogens with zero attached hydrogens (tertiary/aromatic N) is 2. The van der Waals surface area contributed by atoms with E-state index in [1.54, 1.807) is 18.7 Å². The second-order valence-electron chi connectivity index (χ2n) is 3.38. The first-order valence-corrected chi connectivity index (χ1v) is 4.95. The first-order chi connectivity index (χ1) is 6.63. The van der Waals surface area contributed by atoms with Crippen molar-refractivity contribution in [1.82, 2.24) is 9.80 Å². The van der Waals surface area contributed by atoms with Crippen molar-refractivity contribution in [2.24, 2.45) is 5.73 Å². The third-order valence-corrected chi connectivity index (χ3v) is 2.49. The van der Waals surface area contributed by atoms with E-state index in [1.807, 2.05) is 0 Å². The van der Waals surface area contributed by atoms with Crippen LogP contribution in [0.25, 0.3) is 0 Å². The lowest BCUT2D eigenvalue weighted by Crippen LogP contribution is -2.35. The largest absolute Gasteiger partial charge is 0.330 e. The molecule has 0 bridgehead atoms. The van der Waals surface area contributed by atoms with Crippen LogP contribution in [0.1, 0.15) is 20.3 Å². The molecule has 80 valence electrons. The number of likely N-dealkylation sites (N-methyl/N-ethyl adjacent to an activating group) is 1. The van der Waals surface area contributed by atoms with Crippen molar-refractivity contribution in [1.29, 1.82) is 0 Å². The van der Waals surface area contributed by atoms with Gasteiger partial charge in [-0.3, -0.25) is 9.69 Å². The van der Waals surface area contributed by atoms with Crippen LogP contribution < -0.4 is 5.73 Å². The average molecular weight is 199 g/mol. The molecule has 5 nitrogen and oxygen atoms in total. The zero-order chi connectivity index (χ0) is 10.7. The van der Waals surface area contributed by atoms with Gasteiger partial charge < -0.3 is 10.6 Å². The van der Waals surface area contributed by atoms with Gasteiger partial charge in [-0.05, 0) is 26.8 Å². The Balaban J connectivity index is 2.68. The highest BCUT2D eigenvalue weighted by Crippen LogP contribution is 2.16. The third kappa shape index (κ3) is 1.72. The van der Waals surface area contributed by atoms with Crippen LogP contribution >= 0.6 is 0 Å². The lowest BCUT2D eigenvalue weighted by atomic mass is 10.3. The Morgan fingerprint density at radius 1 is 1.43 bits per heavy atom. The van der Waals surface area contributed by atoms with Crippen molar-refractivity contribution in [3.63, 3.8) is 0 Å². The molecular weight excluding hydrogens is 182 g/mol. The molecule has 0 spiro atoms. The molecule has 0 aromatic heterocycles. The summed E-state index contributed by atoms with van der Waals surface area (Å²) in [5, 5.41) is 0. The van der Waals surface area contributed by atoms with E-state index >= 15 is 0 Å². The summed E-state index contributed by atoms with van der Waals surface area (Å²) in [6.45, 7) is 5.11. The molecule has 1 aliphatic heterocycles. The van der Waals surface area contributed by atoms with Crippen LogP contribution in [0.3, 0.4) is 0 Å². The summed E-state index contributed by atoms with van der Waals surface area (Å²) in [7, 11) is 0. The summed E-state index contributed by atoms with van der Waals surface area (Å²) < 4.78 is 0. The van der Waals surface area contributed by atoms with Gasteiger partial charge in [0.1, 0.15) is 6.04 Å². The zero-order valence-electron chi connectivity index (χ0n) is 8.69. The number of urea groups is 1. The van der Waals surface area contributed by atoms with Gasteiger partial charge in [0.25, 0.3) is 5.91 Å². The van der Waals surface area contributed by atoms with Gasteiger partial charge in [-0.2, -0.15) is 0 Å².